The van der Waals surface area contributed by atoms with Crippen molar-refractivity contribution in [2.75, 3.05) is 18.4 Å². The highest BCUT2D eigenvalue weighted by atomic mass is 32.2. The van der Waals surface area contributed by atoms with Crippen LogP contribution in [0, 0.1) is 0 Å². The van der Waals surface area contributed by atoms with Crippen molar-refractivity contribution in [3.05, 3.63) is 42.1 Å². The Bertz CT molecular complexity index is 1150. The van der Waals surface area contributed by atoms with Crippen molar-refractivity contribution in [2.45, 2.75) is 51.5 Å². The fourth-order valence-corrected chi connectivity index (χ4v) is 4.69. The van der Waals surface area contributed by atoms with Gasteiger partial charge in [-0.15, -0.1) is 5.10 Å². The molecule has 0 saturated heterocycles. The first kappa shape index (κ1) is 23.6. The van der Waals surface area contributed by atoms with Crippen LogP contribution in [0.5, 0.6) is 0 Å². The third-order valence-electron chi connectivity index (χ3n) is 4.70. The molecule has 172 valence electrons. The average molecular weight is 461 g/mol. The molecule has 0 spiro atoms. The molecule has 0 unspecified atom stereocenters. The maximum Gasteiger partial charge on any atom is 0.322 e. The van der Waals surface area contributed by atoms with E-state index in [9.17, 15) is 13.2 Å². The van der Waals surface area contributed by atoms with Gasteiger partial charge in [-0.2, -0.15) is 9.40 Å². The predicted molar refractivity (Wildman–Crippen MR) is 120 cm³/mol. The molecule has 11 heteroatoms. The van der Waals surface area contributed by atoms with Crippen LogP contribution in [-0.4, -0.2) is 51.7 Å². The van der Waals surface area contributed by atoms with Crippen molar-refractivity contribution in [2.24, 2.45) is 0 Å². The summed E-state index contributed by atoms with van der Waals surface area (Å²) in [4.78, 5) is 12.7. The first-order valence-corrected chi connectivity index (χ1v) is 12.0. The van der Waals surface area contributed by atoms with Gasteiger partial charge in [0, 0.05) is 30.9 Å². The zero-order valence-corrected chi connectivity index (χ0v) is 19.5. The normalized spacial score (nSPS) is 11.9. The van der Waals surface area contributed by atoms with Crippen molar-refractivity contribution in [3.63, 3.8) is 0 Å². The molecule has 0 aliphatic heterocycles. The van der Waals surface area contributed by atoms with E-state index < -0.39 is 15.9 Å². The number of carbonyl (C=O) groups is 1. The van der Waals surface area contributed by atoms with E-state index in [4.69, 9.17) is 4.42 Å². The molecule has 0 radical (unpaired) electrons. The van der Waals surface area contributed by atoms with E-state index in [2.05, 4.69) is 20.6 Å². The summed E-state index contributed by atoms with van der Waals surface area (Å²) in [5.74, 6) is -0.302. The first-order valence-electron chi connectivity index (χ1n) is 10.6. The summed E-state index contributed by atoms with van der Waals surface area (Å²) in [6.07, 6.45) is 3.26. The minimum absolute atomic E-state index is 0.0714. The Labute approximate surface area is 187 Å². The summed E-state index contributed by atoms with van der Waals surface area (Å²) in [5, 5.41) is 14.6. The molecular formula is C21H28N6O4S. The van der Waals surface area contributed by atoms with Gasteiger partial charge in [-0.3, -0.25) is 14.8 Å². The number of sulfonamides is 1. The molecule has 0 bridgehead atoms. The van der Waals surface area contributed by atoms with Crippen LogP contribution in [0.15, 0.2) is 45.8 Å². The van der Waals surface area contributed by atoms with Crippen LogP contribution in [0.2, 0.25) is 0 Å². The van der Waals surface area contributed by atoms with E-state index in [0.717, 1.165) is 12.8 Å². The Morgan fingerprint density at radius 2 is 1.75 bits per heavy atom. The minimum Gasteiger partial charge on any atom is -0.401 e. The number of carbonyl (C=O) groups excluding carboxylic acids is 1. The second-order valence-corrected chi connectivity index (χ2v) is 9.51. The molecule has 0 aliphatic rings. The van der Waals surface area contributed by atoms with Crippen LogP contribution >= 0.6 is 0 Å². The molecule has 1 aromatic carbocycles. The first-order chi connectivity index (χ1) is 15.3. The molecule has 1 amide bonds. The van der Waals surface area contributed by atoms with Gasteiger partial charge in [0.1, 0.15) is 5.69 Å². The summed E-state index contributed by atoms with van der Waals surface area (Å²) in [6, 6.07) is 7.64. The molecule has 2 aromatic heterocycles. The lowest BCUT2D eigenvalue weighted by atomic mass is 10.2. The van der Waals surface area contributed by atoms with Gasteiger partial charge < -0.3 is 4.42 Å². The van der Waals surface area contributed by atoms with Gasteiger partial charge in [-0.05, 0) is 57.0 Å². The monoisotopic (exact) mass is 460 g/mol. The molecule has 0 saturated carbocycles. The van der Waals surface area contributed by atoms with Crippen LogP contribution in [0.25, 0.3) is 11.6 Å². The van der Waals surface area contributed by atoms with Crippen LogP contribution in [0.4, 0.5) is 6.01 Å². The number of benzene rings is 1. The van der Waals surface area contributed by atoms with Gasteiger partial charge in [0.2, 0.25) is 10.0 Å². The van der Waals surface area contributed by atoms with E-state index in [-0.39, 0.29) is 28.4 Å². The van der Waals surface area contributed by atoms with Crippen LogP contribution in [-0.2, 0) is 10.0 Å². The fourth-order valence-electron chi connectivity index (χ4n) is 3.06. The van der Waals surface area contributed by atoms with Crippen molar-refractivity contribution < 1.29 is 17.6 Å². The van der Waals surface area contributed by atoms with Crippen LogP contribution in [0.1, 0.15) is 56.9 Å². The standard InChI is InChI=1S/C21H28N6O4S/c1-5-12-26(13-6-2)32(29,30)17-9-7-16(8-10-17)19(28)22-21-24-23-20(31-21)18-11-14-27(25-18)15(3)4/h7-11,14-15H,5-6,12-13H2,1-4H3,(H,22,24,28). The molecule has 3 aromatic rings. The third-order valence-corrected chi connectivity index (χ3v) is 6.62. The summed E-state index contributed by atoms with van der Waals surface area (Å²) in [5.41, 5.74) is 0.773. The molecule has 3 rings (SSSR count). The number of aromatic nitrogens is 4. The maximum absolute atomic E-state index is 12.9. The molecular weight excluding hydrogens is 432 g/mol. The number of nitrogens with one attached hydrogen (secondary N) is 1. The molecule has 0 fully saturated rings. The molecule has 2 heterocycles. The minimum atomic E-state index is -3.61. The molecule has 10 nitrogen and oxygen atoms in total. The van der Waals surface area contributed by atoms with Crippen molar-refractivity contribution in [1.82, 2.24) is 24.3 Å². The Morgan fingerprint density at radius 1 is 1.09 bits per heavy atom. The Kier molecular flexibility index (Phi) is 7.41. The maximum atomic E-state index is 12.9. The summed E-state index contributed by atoms with van der Waals surface area (Å²) < 4.78 is 34.4. The lowest BCUT2D eigenvalue weighted by Crippen LogP contribution is -2.32. The largest absolute Gasteiger partial charge is 0.401 e. The van der Waals surface area contributed by atoms with E-state index >= 15 is 0 Å². The molecule has 32 heavy (non-hydrogen) atoms. The summed E-state index contributed by atoms with van der Waals surface area (Å²) in [6.45, 7) is 8.77. The summed E-state index contributed by atoms with van der Waals surface area (Å²) >= 11 is 0. The topological polar surface area (TPSA) is 123 Å². The number of anilines is 1. The molecule has 1 N–H and O–H groups in total. The third kappa shape index (κ3) is 5.22. The highest BCUT2D eigenvalue weighted by Crippen LogP contribution is 2.21. The Hall–Kier alpha value is -3.05. The van der Waals surface area contributed by atoms with Crippen molar-refractivity contribution in [3.8, 4) is 11.6 Å². The molecule has 0 atom stereocenters. The highest BCUT2D eigenvalue weighted by Gasteiger charge is 2.23. The predicted octanol–water partition coefficient (Wildman–Crippen LogP) is 3.58. The Morgan fingerprint density at radius 3 is 2.31 bits per heavy atom. The SMILES string of the molecule is CCCN(CCC)S(=O)(=O)c1ccc(C(=O)Nc2nnc(-c3ccn(C(C)C)n3)o2)cc1. The molecule has 0 aliphatic carbocycles. The Balaban J connectivity index is 1.70. The van der Waals surface area contributed by atoms with Gasteiger partial charge in [-0.1, -0.05) is 18.9 Å². The highest BCUT2D eigenvalue weighted by molar-refractivity contribution is 7.89. The second-order valence-electron chi connectivity index (χ2n) is 7.57. The van der Waals surface area contributed by atoms with Gasteiger partial charge in [0.25, 0.3) is 11.8 Å². The zero-order valence-electron chi connectivity index (χ0n) is 18.6. The van der Waals surface area contributed by atoms with Gasteiger partial charge >= 0.3 is 6.01 Å². The average Bonchev–Trinajstić information content (AvgIpc) is 3.43. The van der Waals surface area contributed by atoms with Crippen LogP contribution in [0.3, 0.4) is 0 Å². The van der Waals surface area contributed by atoms with Gasteiger partial charge in [0.15, 0.2) is 0 Å². The van der Waals surface area contributed by atoms with Crippen molar-refractivity contribution in [1.29, 1.82) is 0 Å². The van der Waals surface area contributed by atoms with E-state index in [1.54, 1.807) is 16.9 Å². The van der Waals surface area contributed by atoms with Crippen molar-refractivity contribution >= 4 is 21.9 Å². The van der Waals surface area contributed by atoms with E-state index in [0.29, 0.717) is 18.8 Å². The smallest absolute Gasteiger partial charge is 0.322 e. The van der Waals surface area contributed by atoms with Crippen LogP contribution < -0.4 is 5.32 Å². The van der Waals surface area contributed by atoms with Gasteiger partial charge in [-0.25, -0.2) is 8.42 Å². The number of hydrogen-bond acceptors (Lipinski definition) is 7. The summed E-state index contributed by atoms with van der Waals surface area (Å²) in [7, 11) is -3.61. The van der Waals surface area contributed by atoms with E-state index in [1.807, 2.05) is 27.7 Å². The lowest BCUT2D eigenvalue weighted by molar-refractivity contribution is 0.102. The van der Waals surface area contributed by atoms with Gasteiger partial charge in [0.05, 0.1) is 4.90 Å². The number of rotatable bonds is 10. The second kappa shape index (κ2) is 10.0. The quantitative estimate of drug-likeness (QED) is 0.490. The zero-order chi connectivity index (χ0) is 23.3. The lowest BCUT2D eigenvalue weighted by Gasteiger charge is -2.21. The van der Waals surface area contributed by atoms with E-state index in [1.165, 1.54) is 28.6 Å². The fraction of sp³-hybridized carbons (Fsp3) is 0.429. The number of nitrogens with zero attached hydrogens (tertiary/aromatic N) is 5. The number of hydrogen-bond donors (Lipinski definition) is 1. The number of amides is 1.